The normalized spacial score (nSPS) is 15.8. The van der Waals surface area contributed by atoms with Gasteiger partial charge >= 0.3 is 5.97 Å². The Kier molecular flexibility index (Phi) is 31.2. The van der Waals surface area contributed by atoms with Gasteiger partial charge in [0.2, 0.25) is 17.7 Å². The highest BCUT2D eigenvalue weighted by molar-refractivity contribution is 7.80. The molecule has 0 saturated heterocycles. The molecule has 0 bridgehead atoms. The number of nitrogens with two attached hydrogens (primary N) is 2. The third-order valence-corrected chi connectivity index (χ3v) is 13.3. The van der Waals surface area contributed by atoms with Crippen LogP contribution in [0.5, 0.6) is 0 Å². The zero-order valence-electron chi connectivity index (χ0n) is 45.5. The molecule has 24 heteroatoms. The average Bonchev–Trinajstić information content (AvgIpc) is 3.53. The first kappa shape index (κ1) is 67.2. The van der Waals surface area contributed by atoms with Gasteiger partial charge in [0.15, 0.2) is 11.6 Å². The third kappa shape index (κ3) is 23.9. The molecule has 4 rings (SSSR count). The molecule has 1 aliphatic rings. The van der Waals surface area contributed by atoms with E-state index in [0.29, 0.717) is 95.4 Å². The number of ether oxygens (including phenoxy) is 7. The number of ketones is 3. The van der Waals surface area contributed by atoms with Crippen LogP contribution in [0.4, 0.5) is 8.78 Å². The molecule has 0 fully saturated rings. The van der Waals surface area contributed by atoms with Crippen LogP contribution in [-0.4, -0.2) is 169 Å². The van der Waals surface area contributed by atoms with Crippen LogP contribution >= 0.6 is 12.6 Å². The Bertz CT molecular complexity index is 2520. The van der Waals surface area contributed by atoms with E-state index in [4.69, 9.17) is 45.0 Å². The molecule has 3 amide bonds. The number of aliphatic carboxylic acids is 1. The fourth-order valence-electron chi connectivity index (χ4n) is 8.49. The molecule has 0 aliphatic heterocycles. The van der Waals surface area contributed by atoms with Crippen molar-refractivity contribution in [3.05, 3.63) is 112 Å². The van der Waals surface area contributed by atoms with Crippen LogP contribution in [0.3, 0.4) is 0 Å². The number of Topliss-reactive ketones (excluding diaryl/α,β-unsaturated/α-hetero) is 3. The molecule has 444 valence electrons. The number of aryl methyl sites for hydroxylation is 1. The van der Waals surface area contributed by atoms with Gasteiger partial charge in [-0.05, 0) is 61.4 Å². The first-order valence-electron chi connectivity index (χ1n) is 26.7. The lowest BCUT2D eigenvalue weighted by Crippen LogP contribution is -2.57. The van der Waals surface area contributed by atoms with E-state index in [9.17, 15) is 47.1 Å². The summed E-state index contributed by atoms with van der Waals surface area (Å²) < 4.78 is 67.4. The van der Waals surface area contributed by atoms with Gasteiger partial charge in [-0.2, -0.15) is 12.6 Å². The minimum Gasteiger partial charge on any atom is -0.480 e. The number of carboxylic acid groups (broad SMARTS) is 1. The Hall–Kier alpha value is -6.35. The summed E-state index contributed by atoms with van der Waals surface area (Å²) in [6.45, 7) is 4.52. The summed E-state index contributed by atoms with van der Waals surface area (Å²) in [7, 11) is 0. The van der Waals surface area contributed by atoms with Gasteiger partial charge in [-0.1, -0.05) is 66.2 Å². The molecule has 8 N–H and O–H groups in total. The number of hydrogen-bond donors (Lipinski definition) is 7. The quantitative estimate of drug-likeness (QED) is 0.0186. The highest BCUT2D eigenvalue weighted by Gasteiger charge is 2.43. The number of nitrogens with one attached hydrogen (secondary N) is 3. The third-order valence-electron chi connectivity index (χ3n) is 13.0. The smallest absolute Gasteiger partial charge is 0.327 e. The van der Waals surface area contributed by atoms with Crippen molar-refractivity contribution in [3.63, 3.8) is 0 Å². The molecule has 0 saturated carbocycles. The predicted octanol–water partition coefficient (Wildman–Crippen LogP) is 2.83. The van der Waals surface area contributed by atoms with Crippen molar-refractivity contribution < 1.29 is 85.4 Å². The second kappa shape index (κ2) is 37.6. The van der Waals surface area contributed by atoms with E-state index in [1.165, 1.54) is 6.07 Å². The molecule has 1 aliphatic carbocycles. The van der Waals surface area contributed by atoms with E-state index >= 15 is 0 Å². The van der Waals surface area contributed by atoms with Crippen molar-refractivity contribution >= 4 is 65.7 Å². The fourth-order valence-corrected chi connectivity index (χ4v) is 8.73. The maximum Gasteiger partial charge on any atom is 0.327 e. The average molecular weight is 1160 g/mol. The Morgan fingerprint density at radius 1 is 0.704 bits per heavy atom. The topological polar surface area (TPSA) is 310 Å². The van der Waals surface area contributed by atoms with Crippen LogP contribution in [-0.2, 0) is 84.4 Å². The Morgan fingerprint density at radius 2 is 1.27 bits per heavy atom. The van der Waals surface area contributed by atoms with E-state index in [1.807, 2.05) is 42.5 Å². The highest BCUT2D eigenvalue weighted by Crippen LogP contribution is 2.40. The minimum atomic E-state index is -1.45. The van der Waals surface area contributed by atoms with Crippen molar-refractivity contribution in [2.75, 3.05) is 98.2 Å². The van der Waals surface area contributed by atoms with Crippen molar-refractivity contribution in [2.24, 2.45) is 23.3 Å². The van der Waals surface area contributed by atoms with Gasteiger partial charge < -0.3 is 65.7 Å². The summed E-state index contributed by atoms with van der Waals surface area (Å²) in [4.78, 5) is 100. The van der Waals surface area contributed by atoms with Crippen molar-refractivity contribution in [2.45, 2.75) is 76.0 Å². The number of amides is 3. The van der Waals surface area contributed by atoms with Crippen LogP contribution in [0.1, 0.15) is 67.3 Å². The van der Waals surface area contributed by atoms with Gasteiger partial charge in [0, 0.05) is 61.3 Å². The Labute approximate surface area is 475 Å². The number of carboxylic acids is 1. The van der Waals surface area contributed by atoms with Crippen LogP contribution in [0.15, 0.2) is 78.4 Å². The van der Waals surface area contributed by atoms with Gasteiger partial charge in [-0.3, -0.25) is 33.6 Å². The number of carbonyl (C=O) groups excluding carboxylic acids is 7. The highest BCUT2D eigenvalue weighted by atomic mass is 32.1. The van der Waals surface area contributed by atoms with Gasteiger partial charge in [-0.15, -0.1) is 0 Å². The molecule has 3 aromatic carbocycles. The van der Waals surface area contributed by atoms with E-state index in [0.717, 1.165) is 23.3 Å². The first-order valence-corrected chi connectivity index (χ1v) is 27.3. The number of carbonyl (C=O) groups is 8. The van der Waals surface area contributed by atoms with Gasteiger partial charge in [-0.25, -0.2) is 13.6 Å². The summed E-state index contributed by atoms with van der Waals surface area (Å²) in [5, 5.41) is 16.0. The monoisotopic (exact) mass is 1160 g/mol. The van der Waals surface area contributed by atoms with Crippen molar-refractivity contribution in [1.29, 1.82) is 0 Å². The number of thiol groups is 1. The van der Waals surface area contributed by atoms with Crippen LogP contribution < -0.4 is 27.4 Å². The number of allylic oxidation sites excluding steroid dienone is 2. The number of halogens is 2. The molecular weight excluding hydrogens is 1080 g/mol. The van der Waals surface area contributed by atoms with E-state index < -0.39 is 83.7 Å². The zero-order chi connectivity index (χ0) is 58.9. The molecular formula is C57H75F2N5O16S. The summed E-state index contributed by atoms with van der Waals surface area (Å²) in [5.41, 5.74) is 15.0. The maximum absolute atomic E-state index is 14.9. The second-order valence-electron chi connectivity index (χ2n) is 18.8. The standard InChI is InChI=1S/C57H75F2N5O16S/c1-37-42(31-43-45(58)13-6-14-46(43)59)53(68)44(32-47(60)39-9-3-2-4-10-39)54(69)52(37)40-11-5-8-38(30-40)15-16-41(66)12-7-18-74-20-22-76-24-26-78-28-29-79-27-25-77-23-21-75-19-17-51(67)62-33-48(61)55(70)63-49(34-80-36-65)56(71)64-50(35-81)57(72)73/h2-6,8-11,13-14,30,36,42,44,47-50,81H,7,12,15-29,31-35,60-61H2,1H3,(H,62,67)(H,63,70)(H,64,71)(H,72,73)/t42?,44?,47-,48-,49-,50-/m0/s1. The van der Waals surface area contributed by atoms with Crippen LogP contribution in [0, 0.1) is 23.5 Å². The maximum atomic E-state index is 14.9. The van der Waals surface area contributed by atoms with E-state index in [2.05, 4.69) is 33.3 Å². The SMILES string of the molecule is CC1=C(c2cccc(CCC(=O)CCCOCCOCCOCCOCCOCCOCCC(=O)NC[C@H](N)C(=O)N[C@@H](COC=O)C(=O)N[C@@H](CS)C(=O)O)c2)C(=O)C(C[C@H](N)c2ccccc2)C(=O)C1Cc1c(F)cccc1F. The van der Waals surface area contributed by atoms with Gasteiger partial charge in [0.1, 0.15) is 42.2 Å². The number of hydrogen-bond acceptors (Lipinski definition) is 18. The van der Waals surface area contributed by atoms with E-state index in [-0.39, 0.29) is 81.4 Å². The minimum absolute atomic E-state index is 0.0271. The summed E-state index contributed by atoms with van der Waals surface area (Å²) in [5.74, 6) is -8.22. The Balaban J connectivity index is 0.999. The van der Waals surface area contributed by atoms with Gasteiger partial charge in [0.05, 0.1) is 78.6 Å². The van der Waals surface area contributed by atoms with Crippen LogP contribution in [0.2, 0.25) is 0 Å². The fraction of sp³-hybridized carbons (Fsp3) is 0.509. The first-order chi connectivity index (χ1) is 39.1. The lowest BCUT2D eigenvalue weighted by molar-refractivity contribution is -0.142. The molecule has 81 heavy (non-hydrogen) atoms. The zero-order valence-corrected chi connectivity index (χ0v) is 46.3. The molecule has 2 unspecified atom stereocenters. The lowest BCUT2D eigenvalue weighted by atomic mass is 9.69. The summed E-state index contributed by atoms with van der Waals surface area (Å²) >= 11 is 3.85. The van der Waals surface area contributed by atoms with Crippen molar-refractivity contribution in [1.82, 2.24) is 16.0 Å². The molecule has 0 spiro atoms. The largest absolute Gasteiger partial charge is 0.480 e. The lowest BCUT2D eigenvalue weighted by Gasteiger charge is -2.32. The summed E-state index contributed by atoms with van der Waals surface area (Å²) in [6.07, 6.45) is 1.29. The predicted molar refractivity (Wildman–Crippen MR) is 295 cm³/mol. The van der Waals surface area contributed by atoms with Crippen LogP contribution in [0.25, 0.3) is 5.57 Å². The molecule has 3 aromatic rings. The second-order valence-corrected chi connectivity index (χ2v) is 19.2. The number of rotatable bonds is 42. The molecule has 0 radical (unpaired) electrons. The molecule has 0 heterocycles. The van der Waals surface area contributed by atoms with Crippen molar-refractivity contribution in [3.8, 4) is 0 Å². The Morgan fingerprint density at radius 3 is 1.85 bits per heavy atom. The van der Waals surface area contributed by atoms with E-state index in [1.54, 1.807) is 19.1 Å². The van der Waals surface area contributed by atoms with Gasteiger partial charge in [0.25, 0.3) is 6.47 Å². The molecule has 6 atom stereocenters. The number of benzene rings is 3. The molecule has 21 nitrogen and oxygen atoms in total. The summed E-state index contributed by atoms with van der Waals surface area (Å²) in [6, 6.07) is 15.2. The molecule has 0 aromatic heterocycles.